The lowest BCUT2D eigenvalue weighted by molar-refractivity contribution is -0.131. The zero-order valence-corrected chi connectivity index (χ0v) is 15.6. The van der Waals surface area contributed by atoms with E-state index in [2.05, 4.69) is 17.0 Å². The van der Waals surface area contributed by atoms with Gasteiger partial charge in [0.2, 0.25) is 5.91 Å². The Kier molecular flexibility index (Phi) is 6.16. The van der Waals surface area contributed by atoms with Crippen LogP contribution in [0.2, 0.25) is 0 Å². The van der Waals surface area contributed by atoms with Crippen LogP contribution < -0.4 is 9.47 Å². The first-order valence-electron chi connectivity index (χ1n) is 9.25. The number of aryl methyl sites for hydroxylation is 1. The molecular formula is C22H27NO3. The Morgan fingerprint density at radius 2 is 1.81 bits per heavy atom. The zero-order chi connectivity index (χ0) is 18.4. The average molecular weight is 353 g/mol. The van der Waals surface area contributed by atoms with E-state index in [1.807, 2.05) is 36.4 Å². The Balaban J connectivity index is 1.57. The number of carbonyl (C=O) groups excluding carboxylic acids is 1. The van der Waals surface area contributed by atoms with E-state index in [0.717, 1.165) is 43.7 Å². The van der Waals surface area contributed by atoms with Crippen LogP contribution in [0.15, 0.2) is 48.5 Å². The van der Waals surface area contributed by atoms with Crippen LogP contribution in [0.1, 0.15) is 30.4 Å². The predicted octanol–water partition coefficient (Wildman–Crippen LogP) is 3.87. The molecule has 4 nitrogen and oxygen atoms in total. The molecule has 1 atom stereocenters. The lowest BCUT2D eigenvalue weighted by atomic mass is 10.0. The summed E-state index contributed by atoms with van der Waals surface area (Å²) in [5.74, 6) is 1.97. The SMILES string of the molecule is COc1ccc(CCC(=O)N2CCCC2Cc2cccc(OC)c2)cc1. The maximum absolute atomic E-state index is 12.7. The number of likely N-dealkylation sites (tertiary alicyclic amines) is 1. The van der Waals surface area contributed by atoms with Crippen molar-refractivity contribution in [3.63, 3.8) is 0 Å². The molecule has 2 aromatic rings. The maximum Gasteiger partial charge on any atom is 0.223 e. The maximum atomic E-state index is 12.7. The lowest BCUT2D eigenvalue weighted by Gasteiger charge is -2.25. The number of hydrogen-bond donors (Lipinski definition) is 0. The quantitative estimate of drug-likeness (QED) is 0.758. The third kappa shape index (κ3) is 4.57. The van der Waals surface area contributed by atoms with Crippen LogP contribution in [0.25, 0.3) is 0 Å². The molecule has 1 unspecified atom stereocenters. The molecule has 1 saturated heterocycles. The molecule has 0 aliphatic carbocycles. The van der Waals surface area contributed by atoms with E-state index in [-0.39, 0.29) is 5.91 Å². The van der Waals surface area contributed by atoms with Crippen molar-refractivity contribution in [3.05, 3.63) is 59.7 Å². The fraction of sp³-hybridized carbons (Fsp3) is 0.409. The van der Waals surface area contributed by atoms with Crippen molar-refractivity contribution in [2.75, 3.05) is 20.8 Å². The first kappa shape index (κ1) is 18.3. The summed E-state index contributed by atoms with van der Waals surface area (Å²) in [6.07, 6.45) is 4.38. The van der Waals surface area contributed by atoms with Crippen LogP contribution in [-0.2, 0) is 17.6 Å². The minimum atomic E-state index is 0.256. The van der Waals surface area contributed by atoms with E-state index < -0.39 is 0 Å². The minimum absolute atomic E-state index is 0.256. The summed E-state index contributed by atoms with van der Waals surface area (Å²) in [7, 11) is 3.35. The molecule has 4 heteroatoms. The average Bonchev–Trinajstić information content (AvgIpc) is 3.14. The molecule has 138 valence electrons. The van der Waals surface area contributed by atoms with Crippen LogP contribution >= 0.6 is 0 Å². The van der Waals surface area contributed by atoms with Crippen LogP contribution in [0.5, 0.6) is 11.5 Å². The largest absolute Gasteiger partial charge is 0.497 e. The van der Waals surface area contributed by atoms with E-state index in [9.17, 15) is 4.79 Å². The van der Waals surface area contributed by atoms with Crippen LogP contribution in [0.3, 0.4) is 0 Å². The normalized spacial score (nSPS) is 16.5. The molecule has 3 rings (SSSR count). The Bertz CT molecular complexity index is 726. The van der Waals surface area contributed by atoms with Gasteiger partial charge in [-0.25, -0.2) is 0 Å². The topological polar surface area (TPSA) is 38.8 Å². The molecule has 0 radical (unpaired) electrons. The highest BCUT2D eigenvalue weighted by molar-refractivity contribution is 5.77. The number of benzene rings is 2. The molecule has 0 bridgehead atoms. The minimum Gasteiger partial charge on any atom is -0.497 e. The van der Waals surface area contributed by atoms with Crippen molar-refractivity contribution < 1.29 is 14.3 Å². The Morgan fingerprint density at radius 3 is 2.54 bits per heavy atom. The summed E-state index contributed by atoms with van der Waals surface area (Å²) in [5, 5.41) is 0. The van der Waals surface area contributed by atoms with Gasteiger partial charge in [-0.05, 0) is 61.1 Å². The molecule has 0 N–H and O–H groups in total. The van der Waals surface area contributed by atoms with Crippen LogP contribution in [-0.4, -0.2) is 37.6 Å². The van der Waals surface area contributed by atoms with Crippen molar-refractivity contribution >= 4 is 5.91 Å². The van der Waals surface area contributed by atoms with Gasteiger partial charge in [-0.15, -0.1) is 0 Å². The molecule has 1 amide bonds. The first-order valence-corrected chi connectivity index (χ1v) is 9.25. The third-order valence-electron chi connectivity index (χ3n) is 5.09. The van der Waals surface area contributed by atoms with Gasteiger partial charge in [0.05, 0.1) is 14.2 Å². The van der Waals surface area contributed by atoms with Gasteiger partial charge in [-0.1, -0.05) is 24.3 Å². The smallest absolute Gasteiger partial charge is 0.223 e. The summed E-state index contributed by atoms with van der Waals surface area (Å²) in [4.78, 5) is 14.8. The fourth-order valence-electron chi connectivity index (χ4n) is 3.63. The van der Waals surface area contributed by atoms with E-state index in [4.69, 9.17) is 9.47 Å². The number of nitrogens with zero attached hydrogens (tertiary/aromatic N) is 1. The molecular weight excluding hydrogens is 326 g/mol. The second-order valence-electron chi connectivity index (χ2n) is 6.79. The van der Waals surface area contributed by atoms with E-state index in [1.165, 1.54) is 11.1 Å². The molecule has 0 spiro atoms. The van der Waals surface area contributed by atoms with Gasteiger partial charge in [0, 0.05) is 19.0 Å². The number of rotatable bonds is 7. The van der Waals surface area contributed by atoms with Crippen LogP contribution in [0.4, 0.5) is 0 Å². The highest BCUT2D eigenvalue weighted by Crippen LogP contribution is 2.24. The van der Waals surface area contributed by atoms with Crippen molar-refractivity contribution in [2.24, 2.45) is 0 Å². The van der Waals surface area contributed by atoms with Crippen molar-refractivity contribution in [1.82, 2.24) is 4.90 Å². The first-order chi connectivity index (χ1) is 12.7. The van der Waals surface area contributed by atoms with Gasteiger partial charge in [0.15, 0.2) is 0 Å². The summed E-state index contributed by atoms with van der Waals surface area (Å²) in [6, 6.07) is 16.4. The van der Waals surface area contributed by atoms with Gasteiger partial charge in [-0.2, -0.15) is 0 Å². The molecule has 26 heavy (non-hydrogen) atoms. The Hall–Kier alpha value is -2.49. The fourth-order valence-corrected chi connectivity index (χ4v) is 3.63. The lowest BCUT2D eigenvalue weighted by Crippen LogP contribution is -2.36. The Labute approximate surface area is 155 Å². The van der Waals surface area contributed by atoms with Crippen molar-refractivity contribution in [2.45, 2.75) is 38.1 Å². The molecule has 1 aliphatic heterocycles. The number of ether oxygens (including phenoxy) is 2. The van der Waals surface area contributed by atoms with Gasteiger partial charge < -0.3 is 14.4 Å². The van der Waals surface area contributed by atoms with Gasteiger partial charge in [0.25, 0.3) is 0 Å². The number of amides is 1. The van der Waals surface area contributed by atoms with Gasteiger partial charge in [-0.3, -0.25) is 4.79 Å². The Morgan fingerprint density at radius 1 is 1.04 bits per heavy atom. The number of carbonyl (C=O) groups is 1. The summed E-state index contributed by atoms with van der Waals surface area (Å²) >= 11 is 0. The zero-order valence-electron chi connectivity index (χ0n) is 15.6. The molecule has 0 aromatic heterocycles. The van der Waals surface area contributed by atoms with E-state index in [1.54, 1.807) is 14.2 Å². The summed E-state index contributed by atoms with van der Waals surface area (Å²) in [5.41, 5.74) is 2.40. The third-order valence-corrected chi connectivity index (χ3v) is 5.09. The second-order valence-corrected chi connectivity index (χ2v) is 6.79. The van der Waals surface area contributed by atoms with E-state index >= 15 is 0 Å². The molecule has 2 aromatic carbocycles. The molecule has 1 heterocycles. The number of hydrogen-bond acceptors (Lipinski definition) is 3. The van der Waals surface area contributed by atoms with Crippen molar-refractivity contribution in [1.29, 1.82) is 0 Å². The molecule has 1 fully saturated rings. The summed E-state index contributed by atoms with van der Waals surface area (Å²) < 4.78 is 10.5. The van der Waals surface area contributed by atoms with Crippen molar-refractivity contribution in [3.8, 4) is 11.5 Å². The highest BCUT2D eigenvalue weighted by atomic mass is 16.5. The van der Waals surface area contributed by atoms with Gasteiger partial charge >= 0.3 is 0 Å². The highest BCUT2D eigenvalue weighted by Gasteiger charge is 2.28. The molecule has 0 saturated carbocycles. The summed E-state index contributed by atoms with van der Waals surface area (Å²) in [6.45, 7) is 0.871. The predicted molar refractivity (Wildman–Crippen MR) is 103 cm³/mol. The second kappa shape index (κ2) is 8.75. The van der Waals surface area contributed by atoms with Gasteiger partial charge in [0.1, 0.15) is 11.5 Å². The standard InChI is InChI=1S/C22H27NO3/c1-25-20-11-8-17(9-12-20)10-13-22(24)23-14-4-6-19(23)15-18-5-3-7-21(16-18)26-2/h3,5,7-9,11-12,16,19H,4,6,10,13-15H2,1-2H3. The van der Waals surface area contributed by atoms with Crippen LogP contribution in [0, 0.1) is 0 Å². The number of methoxy groups -OCH3 is 2. The monoisotopic (exact) mass is 353 g/mol. The van der Waals surface area contributed by atoms with E-state index in [0.29, 0.717) is 12.5 Å². The molecule has 1 aliphatic rings.